The number of pyridine rings is 1. The highest BCUT2D eigenvalue weighted by molar-refractivity contribution is 5.73. The predicted molar refractivity (Wildman–Crippen MR) is 101 cm³/mol. The van der Waals surface area contributed by atoms with Crippen molar-refractivity contribution in [1.82, 2.24) is 9.88 Å². The summed E-state index contributed by atoms with van der Waals surface area (Å²) in [7, 11) is 1.79. The van der Waals surface area contributed by atoms with Crippen LogP contribution in [-0.2, 0) is 4.74 Å². The molecule has 0 saturated heterocycles. The molecule has 1 aromatic carbocycles. The van der Waals surface area contributed by atoms with Crippen molar-refractivity contribution in [2.75, 3.05) is 20.2 Å². The van der Waals surface area contributed by atoms with Crippen LogP contribution in [0.1, 0.15) is 38.7 Å². The summed E-state index contributed by atoms with van der Waals surface area (Å²) in [6.45, 7) is 6.88. The Hall–Kier alpha value is -2.56. The van der Waals surface area contributed by atoms with Gasteiger partial charge in [0.1, 0.15) is 11.4 Å². The summed E-state index contributed by atoms with van der Waals surface area (Å²) < 4.78 is 11.5. The Morgan fingerprint density at radius 3 is 2.69 bits per heavy atom. The van der Waals surface area contributed by atoms with E-state index in [1.165, 1.54) is 0 Å². The average Bonchev–Trinajstić information content (AvgIpc) is 2.61. The smallest absolute Gasteiger partial charge is 0.410 e. The van der Waals surface area contributed by atoms with Gasteiger partial charge in [-0.1, -0.05) is 18.2 Å². The lowest BCUT2D eigenvalue weighted by Crippen LogP contribution is -2.37. The summed E-state index contributed by atoms with van der Waals surface area (Å²) in [6.07, 6.45) is 4.15. The second-order valence-corrected chi connectivity index (χ2v) is 7.65. The first kappa shape index (κ1) is 18.2. The molecule has 0 fully saturated rings. The fraction of sp³-hybridized carbons (Fsp3) is 0.429. The SMILES string of the molecule is CN(CC1CCOc2c(-c3ccncc3)cccc21)C(=O)OC(C)(C)C. The van der Waals surface area contributed by atoms with Crippen molar-refractivity contribution in [3.63, 3.8) is 0 Å². The highest BCUT2D eigenvalue weighted by Crippen LogP contribution is 2.41. The number of carbonyl (C=O) groups is 1. The van der Waals surface area contributed by atoms with Crippen molar-refractivity contribution in [2.24, 2.45) is 0 Å². The molecule has 1 aliphatic rings. The van der Waals surface area contributed by atoms with Gasteiger partial charge in [-0.05, 0) is 50.5 Å². The van der Waals surface area contributed by atoms with Crippen molar-refractivity contribution in [2.45, 2.75) is 38.7 Å². The maximum absolute atomic E-state index is 12.3. The lowest BCUT2D eigenvalue weighted by Gasteiger charge is -2.31. The standard InChI is InChI=1S/C21H26N2O3/c1-21(2,3)26-20(24)23(4)14-16-10-13-25-19-17(6-5-7-18(16)19)15-8-11-22-12-9-15/h5-9,11-12,16H,10,13-14H2,1-4H3. The molecule has 26 heavy (non-hydrogen) atoms. The van der Waals surface area contributed by atoms with Crippen molar-refractivity contribution in [3.8, 4) is 16.9 Å². The zero-order valence-electron chi connectivity index (χ0n) is 15.9. The second kappa shape index (κ2) is 7.36. The molecule has 138 valence electrons. The van der Waals surface area contributed by atoms with Gasteiger partial charge >= 0.3 is 6.09 Å². The van der Waals surface area contributed by atoms with E-state index in [0.29, 0.717) is 13.2 Å². The number of para-hydroxylation sites is 1. The first-order valence-electron chi connectivity index (χ1n) is 8.95. The van der Waals surface area contributed by atoms with Gasteiger partial charge in [0.05, 0.1) is 6.61 Å². The van der Waals surface area contributed by atoms with E-state index in [1.807, 2.05) is 39.0 Å². The van der Waals surface area contributed by atoms with Gasteiger partial charge in [-0.2, -0.15) is 0 Å². The molecule has 1 aliphatic heterocycles. The van der Waals surface area contributed by atoms with E-state index in [2.05, 4.69) is 17.1 Å². The second-order valence-electron chi connectivity index (χ2n) is 7.65. The highest BCUT2D eigenvalue weighted by Gasteiger charge is 2.28. The number of fused-ring (bicyclic) bond motifs is 1. The fourth-order valence-electron chi connectivity index (χ4n) is 3.19. The molecule has 1 unspecified atom stereocenters. The molecule has 0 radical (unpaired) electrons. The van der Waals surface area contributed by atoms with E-state index in [-0.39, 0.29) is 12.0 Å². The van der Waals surface area contributed by atoms with E-state index < -0.39 is 5.60 Å². The van der Waals surface area contributed by atoms with Gasteiger partial charge in [0.15, 0.2) is 0 Å². The molecular weight excluding hydrogens is 328 g/mol. The summed E-state index contributed by atoms with van der Waals surface area (Å²) in [5.74, 6) is 1.13. The van der Waals surface area contributed by atoms with Crippen LogP contribution >= 0.6 is 0 Å². The van der Waals surface area contributed by atoms with Crippen LogP contribution in [-0.4, -0.2) is 41.8 Å². The summed E-state index contributed by atoms with van der Waals surface area (Å²) >= 11 is 0. The number of benzene rings is 1. The average molecular weight is 354 g/mol. The Bertz CT molecular complexity index is 769. The molecule has 0 N–H and O–H groups in total. The largest absolute Gasteiger partial charge is 0.493 e. The van der Waals surface area contributed by atoms with Gasteiger partial charge in [-0.15, -0.1) is 0 Å². The maximum Gasteiger partial charge on any atom is 0.410 e. The van der Waals surface area contributed by atoms with Crippen LogP contribution in [0.25, 0.3) is 11.1 Å². The minimum atomic E-state index is -0.493. The molecule has 0 spiro atoms. The van der Waals surface area contributed by atoms with E-state index >= 15 is 0 Å². The number of rotatable bonds is 3. The summed E-state index contributed by atoms with van der Waals surface area (Å²) in [6, 6.07) is 10.2. The summed E-state index contributed by atoms with van der Waals surface area (Å²) in [5, 5.41) is 0. The number of carbonyl (C=O) groups excluding carboxylic acids is 1. The first-order chi connectivity index (χ1) is 12.3. The number of nitrogens with zero attached hydrogens (tertiary/aromatic N) is 2. The quantitative estimate of drug-likeness (QED) is 0.815. The van der Waals surface area contributed by atoms with E-state index in [9.17, 15) is 4.79 Å². The molecule has 1 atom stereocenters. The predicted octanol–water partition coefficient (Wildman–Crippen LogP) is 4.48. The van der Waals surface area contributed by atoms with Gasteiger partial charge < -0.3 is 14.4 Å². The number of ether oxygens (including phenoxy) is 2. The molecule has 1 aromatic heterocycles. The number of aromatic nitrogens is 1. The Morgan fingerprint density at radius 2 is 2.00 bits per heavy atom. The van der Waals surface area contributed by atoms with Gasteiger partial charge in [-0.25, -0.2) is 4.79 Å². The minimum Gasteiger partial charge on any atom is -0.493 e. The van der Waals surface area contributed by atoms with Crippen LogP contribution in [0.4, 0.5) is 4.79 Å². The topological polar surface area (TPSA) is 51.7 Å². The van der Waals surface area contributed by atoms with Gasteiger partial charge in [0.2, 0.25) is 0 Å². The molecule has 5 nitrogen and oxygen atoms in total. The van der Waals surface area contributed by atoms with Crippen molar-refractivity contribution in [1.29, 1.82) is 0 Å². The number of amides is 1. The van der Waals surface area contributed by atoms with E-state index in [0.717, 1.165) is 28.9 Å². The maximum atomic E-state index is 12.3. The Balaban J connectivity index is 1.83. The zero-order valence-corrected chi connectivity index (χ0v) is 15.9. The van der Waals surface area contributed by atoms with E-state index in [1.54, 1.807) is 24.3 Å². The highest BCUT2D eigenvalue weighted by atomic mass is 16.6. The zero-order chi connectivity index (χ0) is 18.7. The van der Waals surface area contributed by atoms with E-state index in [4.69, 9.17) is 9.47 Å². The fourth-order valence-corrected chi connectivity index (χ4v) is 3.19. The third-order valence-electron chi connectivity index (χ3n) is 4.39. The third-order valence-corrected chi connectivity index (χ3v) is 4.39. The van der Waals surface area contributed by atoms with Crippen LogP contribution in [0, 0.1) is 0 Å². The minimum absolute atomic E-state index is 0.220. The first-order valence-corrected chi connectivity index (χ1v) is 8.95. The number of likely N-dealkylation sites (N-methyl/N-ethyl adjacent to an activating group) is 1. The Morgan fingerprint density at radius 1 is 1.27 bits per heavy atom. The Kier molecular flexibility index (Phi) is 5.16. The van der Waals surface area contributed by atoms with Crippen LogP contribution in [0.15, 0.2) is 42.7 Å². The molecule has 3 rings (SSSR count). The molecule has 5 heteroatoms. The summed E-state index contributed by atoms with van der Waals surface area (Å²) in [5.41, 5.74) is 2.79. The number of hydrogen-bond donors (Lipinski definition) is 0. The molecule has 1 amide bonds. The molecule has 2 aromatic rings. The molecule has 0 saturated carbocycles. The van der Waals surface area contributed by atoms with Gasteiger partial charge in [-0.3, -0.25) is 4.98 Å². The van der Waals surface area contributed by atoms with Crippen LogP contribution in [0.5, 0.6) is 5.75 Å². The lowest BCUT2D eigenvalue weighted by atomic mass is 9.89. The normalized spacial score (nSPS) is 16.4. The van der Waals surface area contributed by atoms with Crippen molar-refractivity contribution >= 4 is 6.09 Å². The van der Waals surface area contributed by atoms with Crippen LogP contribution < -0.4 is 4.74 Å². The molecule has 0 bridgehead atoms. The molecule has 2 heterocycles. The van der Waals surface area contributed by atoms with Crippen LogP contribution in [0.2, 0.25) is 0 Å². The number of hydrogen-bond acceptors (Lipinski definition) is 4. The molecule has 0 aliphatic carbocycles. The third kappa shape index (κ3) is 4.15. The van der Waals surface area contributed by atoms with Gasteiger partial charge in [0, 0.05) is 37.5 Å². The van der Waals surface area contributed by atoms with Crippen molar-refractivity contribution in [3.05, 3.63) is 48.3 Å². The Labute approximate surface area is 155 Å². The van der Waals surface area contributed by atoms with Crippen LogP contribution in [0.3, 0.4) is 0 Å². The van der Waals surface area contributed by atoms with Crippen molar-refractivity contribution < 1.29 is 14.3 Å². The molecular formula is C21H26N2O3. The van der Waals surface area contributed by atoms with Gasteiger partial charge in [0.25, 0.3) is 0 Å². The summed E-state index contributed by atoms with van der Waals surface area (Å²) in [4.78, 5) is 18.0. The lowest BCUT2D eigenvalue weighted by molar-refractivity contribution is 0.0281. The monoisotopic (exact) mass is 354 g/mol.